The summed E-state index contributed by atoms with van der Waals surface area (Å²) in [5.74, 6) is -0.912. The topological polar surface area (TPSA) is 70.4 Å². The Morgan fingerprint density at radius 2 is 2.00 bits per heavy atom. The minimum absolute atomic E-state index is 0.0590. The summed E-state index contributed by atoms with van der Waals surface area (Å²) in [6.45, 7) is 2.04. The fraction of sp³-hybridized carbons (Fsp3) is 0.105. The van der Waals surface area contributed by atoms with Gasteiger partial charge in [-0.25, -0.2) is 4.39 Å². The van der Waals surface area contributed by atoms with Crippen molar-refractivity contribution in [2.45, 2.75) is 13.3 Å². The quantitative estimate of drug-likeness (QED) is 0.489. The first-order valence-electron chi connectivity index (χ1n) is 8.07. The molecule has 0 aliphatic heterocycles. The Kier molecular flexibility index (Phi) is 5.53. The lowest BCUT2D eigenvalue weighted by Crippen LogP contribution is -2.18. The molecule has 5 nitrogen and oxygen atoms in total. The summed E-state index contributed by atoms with van der Waals surface area (Å²) in [6.07, 6.45) is 2.06. The highest BCUT2D eigenvalue weighted by Gasteiger charge is 2.12. The summed E-state index contributed by atoms with van der Waals surface area (Å²) in [5, 5.41) is 10.5. The largest absolute Gasteiger partial charge is 0.494 e. The summed E-state index contributed by atoms with van der Waals surface area (Å²) in [5.41, 5.74) is 1.40. The second-order valence-corrected chi connectivity index (χ2v) is 6.50. The summed E-state index contributed by atoms with van der Waals surface area (Å²) >= 11 is 10.9. The Morgan fingerprint density at radius 1 is 1.30 bits per heavy atom. The molecule has 138 valence electrons. The van der Waals surface area contributed by atoms with Gasteiger partial charge in [-0.3, -0.25) is 19.3 Å². The molecule has 0 radical (unpaired) electrons. The number of benzene rings is 2. The van der Waals surface area contributed by atoms with E-state index in [0.29, 0.717) is 11.4 Å². The van der Waals surface area contributed by atoms with E-state index < -0.39 is 11.4 Å². The van der Waals surface area contributed by atoms with E-state index in [9.17, 15) is 14.3 Å². The number of H-pyrrole nitrogens is 1. The maximum Gasteiger partial charge on any atom is 0.264 e. The third kappa shape index (κ3) is 3.99. The van der Waals surface area contributed by atoms with Crippen LogP contribution < -0.4 is 5.56 Å². The number of aryl methyl sites for hydroxylation is 1. The molecule has 3 aromatic rings. The zero-order valence-corrected chi connectivity index (χ0v) is 15.8. The highest BCUT2D eigenvalue weighted by atomic mass is 35.5. The van der Waals surface area contributed by atoms with E-state index in [4.69, 9.17) is 23.8 Å². The molecular formula is C19H15ClFN3O2S. The van der Waals surface area contributed by atoms with Crippen LogP contribution in [0.1, 0.15) is 18.1 Å². The van der Waals surface area contributed by atoms with E-state index in [1.807, 2.05) is 19.1 Å². The van der Waals surface area contributed by atoms with Crippen LogP contribution in [0.4, 0.5) is 10.1 Å². The zero-order chi connectivity index (χ0) is 19.6. The van der Waals surface area contributed by atoms with Gasteiger partial charge in [0.15, 0.2) is 4.77 Å². The fourth-order valence-corrected chi connectivity index (χ4v) is 2.94. The van der Waals surface area contributed by atoms with Gasteiger partial charge in [-0.15, -0.1) is 0 Å². The van der Waals surface area contributed by atoms with Crippen LogP contribution in [0.15, 0.2) is 52.3 Å². The normalized spacial score (nSPS) is 11.2. The van der Waals surface area contributed by atoms with Gasteiger partial charge in [-0.05, 0) is 54.5 Å². The molecule has 3 rings (SSSR count). The van der Waals surface area contributed by atoms with Crippen LogP contribution in [-0.4, -0.2) is 20.9 Å². The van der Waals surface area contributed by atoms with Gasteiger partial charge in [-0.1, -0.05) is 30.7 Å². The van der Waals surface area contributed by atoms with E-state index in [2.05, 4.69) is 9.98 Å². The molecule has 0 atom stereocenters. The van der Waals surface area contributed by atoms with Crippen molar-refractivity contribution in [2.75, 3.05) is 0 Å². The lowest BCUT2D eigenvalue weighted by atomic mass is 10.1. The van der Waals surface area contributed by atoms with Gasteiger partial charge in [0.1, 0.15) is 11.4 Å². The molecule has 2 aromatic carbocycles. The third-order valence-corrected chi connectivity index (χ3v) is 4.54. The predicted octanol–water partition coefficient (Wildman–Crippen LogP) is 4.71. The number of aromatic amines is 1. The molecule has 0 fully saturated rings. The summed E-state index contributed by atoms with van der Waals surface area (Å²) in [7, 11) is 0. The summed E-state index contributed by atoms with van der Waals surface area (Å²) in [6, 6.07) is 11.3. The van der Waals surface area contributed by atoms with Gasteiger partial charge in [0, 0.05) is 6.21 Å². The van der Waals surface area contributed by atoms with Gasteiger partial charge in [0.25, 0.3) is 5.56 Å². The summed E-state index contributed by atoms with van der Waals surface area (Å²) < 4.78 is 14.6. The van der Waals surface area contributed by atoms with E-state index in [-0.39, 0.29) is 21.2 Å². The van der Waals surface area contributed by atoms with Gasteiger partial charge in [0.2, 0.25) is 5.88 Å². The van der Waals surface area contributed by atoms with Gasteiger partial charge >= 0.3 is 0 Å². The van der Waals surface area contributed by atoms with Crippen molar-refractivity contribution in [3.05, 3.63) is 79.6 Å². The van der Waals surface area contributed by atoms with E-state index >= 15 is 0 Å². The second-order valence-electron chi connectivity index (χ2n) is 5.71. The number of rotatable bonds is 4. The highest BCUT2D eigenvalue weighted by Crippen LogP contribution is 2.23. The lowest BCUT2D eigenvalue weighted by Gasteiger charge is -2.11. The van der Waals surface area contributed by atoms with Gasteiger partial charge in [-0.2, -0.15) is 0 Å². The Bertz CT molecular complexity index is 1140. The number of halogens is 2. The molecule has 0 saturated carbocycles. The number of nitrogens with one attached hydrogen (secondary N) is 1. The van der Waals surface area contributed by atoms with Crippen molar-refractivity contribution in [3.8, 4) is 11.6 Å². The average molecular weight is 404 g/mol. The molecule has 0 bridgehead atoms. The first-order chi connectivity index (χ1) is 12.9. The Labute approximate surface area is 164 Å². The lowest BCUT2D eigenvalue weighted by molar-refractivity contribution is 0.432. The summed E-state index contributed by atoms with van der Waals surface area (Å²) in [4.78, 5) is 18.8. The van der Waals surface area contributed by atoms with Crippen molar-refractivity contribution in [3.63, 3.8) is 0 Å². The molecule has 0 aliphatic rings. The van der Waals surface area contributed by atoms with Crippen LogP contribution >= 0.6 is 23.8 Å². The molecule has 0 spiro atoms. The molecule has 0 saturated heterocycles. The third-order valence-electron chi connectivity index (χ3n) is 3.97. The number of hydrogen-bond acceptors (Lipinski definition) is 4. The second kappa shape index (κ2) is 7.85. The van der Waals surface area contributed by atoms with Crippen LogP contribution in [0.5, 0.6) is 5.88 Å². The Balaban J connectivity index is 2.08. The number of nitrogens with zero attached hydrogens (tertiary/aromatic N) is 2. The first-order valence-corrected chi connectivity index (χ1v) is 8.86. The fourth-order valence-electron chi connectivity index (χ4n) is 2.48. The van der Waals surface area contributed by atoms with E-state index in [1.54, 1.807) is 12.1 Å². The van der Waals surface area contributed by atoms with Crippen LogP contribution in [0, 0.1) is 10.6 Å². The van der Waals surface area contributed by atoms with Crippen molar-refractivity contribution in [2.24, 2.45) is 4.99 Å². The van der Waals surface area contributed by atoms with Crippen LogP contribution in [0.2, 0.25) is 5.02 Å². The minimum atomic E-state index is -0.587. The Morgan fingerprint density at radius 3 is 2.63 bits per heavy atom. The van der Waals surface area contributed by atoms with Gasteiger partial charge in [0.05, 0.1) is 16.4 Å². The number of aromatic hydroxyl groups is 1. The number of aliphatic imine (C=N–C) groups is 1. The van der Waals surface area contributed by atoms with Crippen molar-refractivity contribution < 1.29 is 9.50 Å². The van der Waals surface area contributed by atoms with E-state index in [0.717, 1.165) is 12.0 Å². The molecule has 1 aromatic heterocycles. The highest BCUT2D eigenvalue weighted by molar-refractivity contribution is 7.71. The average Bonchev–Trinajstić information content (AvgIpc) is 2.64. The van der Waals surface area contributed by atoms with Crippen molar-refractivity contribution >= 4 is 35.7 Å². The SMILES string of the molecule is CCc1ccc(-n2c(O)c(C=Nc3ccc(F)c(Cl)c3)c(=O)[nH]c2=S)cc1. The molecule has 2 N–H and O–H groups in total. The van der Waals surface area contributed by atoms with Crippen LogP contribution in [-0.2, 0) is 6.42 Å². The zero-order valence-electron chi connectivity index (χ0n) is 14.2. The molecule has 1 heterocycles. The van der Waals surface area contributed by atoms with Crippen LogP contribution in [0.3, 0.4) is 0 Å². The monoisotopic (exact) mass is 403 g/mol. The maximum atomic E-state index is 13.2. The number of aromatic nitrogens is 2. The standard InChI is InChI=1S/C19H15ClFN3O2S/c1-2-11-3-6-13(7-4-11)24-18(26)14(17(25)23-19(24)27)10-22-12-5-8-16(21)15(20)9-12/h3-10,26H,2H2,1H3,(H,23,25,27). The minimum Gasteiger partial charge on any atom is -0.494 e. The smallest absolute Gasteiger partial charge is 0.264 e. The maximum absolute atomic E-state index is 13.2. The molecule has 8 heteroatoms. The number of hydrogen-bond donors (Lipinski definition) is 2. The molecule has 0 unspecified atom stereocenters. The Hall–Kier alpha value is -2.77. The van der Waals surface area contributed by atoms with Crippen molar-refractivity contribution in [1.29, 1.82) is 0 Å². The van der Waals surface area contributed by atoms with Gasteiger partial charge < -0.3 is 5.11 Å². The van der Waals surface area contributed by atoms with Crippen LogP contribution in [0.25, 0.3) is 5.69 Å². The first kappa shape index (κ1) is 19.0. The predicted molar refractivity (Wildman–Crippen MR) is 107 cm³/mol. The van der Waals surface area contributed by atoms with Crippen molar-refractivity contribution in [1.82, 2.24) is 9.55 Å². The molecule has 27 heavy (non-hydrogen) atoms. The molecule has 0 aliphatic carbocycles. The molecular weight excluding hydrogens is 389 g/mol. The van der Waals surface area contributed by atoms with E-state index in [1.165, 1.54) is 29.0 Å². The molecule has 0 amide bonds.